The molecule has 0 aliphatic rings. The Kier molecular flexibility index (Phi) is 4.54. The molecular weight excluding hydrogens is 184 g/mol. The first-order valence-electron chi connectivity index (χ1n) is 4.41. The molecule has 0 bridgehead atoms. The van der Waals surface area contributed by atoms with Crippen LogP contribution in [0.5, 0.6) is 0 Å². The molecule has 0 saturated carbocycles. The molecule has 5 heteroatoms. The topological polar surface area (TPSA) is 70.5 Å². The van der Waals surface area contributed by atoms with Gasteiger partial charge in [-0.2, -0.15) is 0 Å². The molecule has 0 radical (unpaired) electrons. The molecule has 0 heterocycles. The van der Waals surface area contributed by atoms with Crippen molar-refractivity contribution >= 4 is 8.56 Å². The highest BCUT2D eigenvalue weighted by Crippen LogP contribution is 2.39. The number of nitrogens with two attached hydrogens (primary N) is 2. The van der Waals surface area contributed by atoms with Gasteiger partial charge in [-0.15, -0.1) is 0 Å². The third-order valence-corrected chi connectivity index (χ3v) is 7.40. The normalized spacial score (nSPS) is 15.9. The maximum Gasteiger partial charge on any atom is 0.341 e. The number of hydrogen-bond acceptors (Lipinski definition) is 4. The first-order valence-corrected chi connectivity index (χ1v) is 6.73. The Labute approximate surface area is 81.8 Å². The van der Waals surface area contributed by atoms with Gasteiger partial charge in [-0.1, -0.05) is 13.8 Å². The summed E-state index contributed by atoms with van der Waals surface area (Å²) in [5.74, 6) is 0. The van der Waals surface area contributed by atoms with E-state index >= 15 is 0 Å². The predicted octanol–water partition coefficient (Wildman–Crippen LogP) is 0.417. The van der Waals surface area contributed by atoms with Gasteiger partial charge in [-0.25, -0.2) is 0 Å². The number of rotatable bonds is 5. The molecule has 0 aromatic rings. The van der Waals surface area contributed by atoms with Gasteiger partial charge in [0.25, 0.3) is 0 Å². The molecule has 80 valence electrons. The minimum absolute atomic E-state index is 0.0935. The Morgan fingerprint density at radius 3 is 1.92 bits per heavy atom. The monoisotopic (exact) mass is 206 g/mol. The second kappa shape index (κ2) is 4.52. The van der Waals surface area contributed by atoms with Crippen molar-refractivity contribution in [3.8, 4) is 0 Å². The van der Waals surface area contributed by atoms with Crippen LogP contribution in [0.25, 0.3) is 0 Å². The Morgan fingerprint density at radius 2 is 1.69 bits per heavy atom. The smallest absolute Gasteiger partial charge is 0.341 e. The maximum atomic E-state index is 5.94. The average molecular weight is 206 g/mol. The van der Waals surface area contributed by atoms with Crippen molar-refractivity contribution in [1.82, 2.24) is 0 Å². The summed E-state index contributed by atoms with van der Waals surface area (Å²) >= 11 is 0. The SMILES string of the molecule is CO[Si](C)(OC)C(C)(C)C(N)CN. The van der Waals surface area contributed by atoms with E-state index in [0.29, 0.717) is 6.54 Å². The summed E-state index contributed by atoms with van der Waals surface area (Å²) in [6.07, 6.45) is 0. The zero-order valence-electron chi connectivity index (χ0n) is 9.26. The number of hydrogen-bond donors (Lipinski definition) is 2. The molecule has 0 aromatic carbocycles. The second-order valence-electron chi connectivity index (χ2n) is 3.92. The summed E-state index contributed by atoms with van der Waals surface area (Å²) in [6, 6.07) is -0.0935. The highest BCUT2D eigenvalue weighted by molar-refractivity contribution is 6.69. The van der Waals surface area contributed by atoms with Crippen LogP contribution in [0.2, 0.25) is 11.6 Å². The molecule has 0 aliphatic heterocycles. The Balaban J connectivity index is 4.76. The largest absolute Gasteiger partial charge is 0.397 e. The van der Waals surface area contributed by atoms with Crippen molar-refractivity contribution in [3.63, 3.8) is 0 Å². The lowest BCUT2D eigenvalue weighted by Gasteiger charge is -2.42. The van der Waals surface area contributed by atoms with Gasteiger partial charge in [-0.3, -0.25) is 0 Å². The summed E-state index contributed by atoms with van der Waals surface area (Å²) < 4.78 is 10.9. The van der Waals surface area contributed by atoms with Gasteiger partial charge in [0.05, 0.1) is 0 Å². The minimum Gasteiger partial charge on any atom is -0.397 e. The lowest BCUT2D eigenvalue weighted by Crippen LogP contribution is -2.56. The third kappa shape index (κ3) is 2.29. The van der Waals surface area contributed by atoms with E-state index in [4.69, 9.17) is 20.3 Å². The molecule has 0 amide bonds. The van der Waals surface area contributed by atoms with Crippen LogP contribution >= 0.6 is 0 Å². The van der Waals surface area contributed by atoms with Crippen molar-refractivity contribution in [2.24, 2.45) is 11.5 Å². The fraction of sp³-hybridized carbons (Fsp3) is 1.00. The van der Waals surface area contributed by atoms with E-state index in [1.807, 2.05) is 20.4 Å². The zero-order chi connectivity index (χ0) is 10.7. The van der Waals surface area contributed by atoms with Crippen LogP contribution in [0.4, 0.5) is 0 Å². The van der Waals surface area contributed by atoms with Crippen LogP contribution in [-0.4, -0.2) is 35.4 Å². The summed E-state index contributed by atoms with van der Waals surface area (Å²) in [7, 11) is 1.12. The third-order valence-electron chi connectivity index (χ3n) is 3.13. The van der Waals surface area contributed by atoms with Crippen LogP contribution in [0.3, 0.4) is 0 Å². The zero-order valence-corrected chi connectivity index (χ0v) is 10.3. The van der Waals surface area contributed by atoms with Gasteiger partial charge in [0.1, 0.15) is 0 Å². The molecule has 1 atom stereocenters. The van der Waals surface area contributed by atoms with E-state index in [-0.39, 0.29) is 11.1 Å². The summed E-state index contributed by atoms with van der Waals surface area (Å²) in [5.41, 5.74) is 11.5. The van der Waals surface area contributed by atoms with Gasteiger partial charge in [0.15, 0.2) is 0 Å². The molecule has 0 rings (SSSR count). The van der Waals surface area contributed by atoms with Gasteiger partial charge >= 0.3 is 8.56 Å². The molecule has 0 spiro atoms. The Hall–Kier alpha value is 0.0569. The highest BCUT2D eigenvalue weighted by Gasteiger charge is 2.49. The molecule has 0 saturated heterocycles. The minimum atomic E-state index is -2.21. The van der Waals surface area contributed by atoms with Crippen molar-refractivity contribution in [1.29, 1.82) is 0 Å². The van der Waals surface area contributed by atoms with Crippen molar-refractivity contribution in [2.45, 2.75) is 31.5 Å². The fourth-order valence-corrected chi connectivity index (χ4v) is 3.25. The highest BCUT2D eigenvalue weighted by atomic mass is 28.4. The lowest BCUT2D eigenvalue weighted by atomic mass is 10.0. The standard InChI is InChI=1S/C8H22N2O2Si/c1-8(2,7(10)6-9)13(5,11-3)12-4/h7H,6,9-10H2,1-5H3. The van der Waals surface area contributed by atoms with Crippen LogP contribution in [0, 0.1) is 0 Å². The van der Waals surface area contributed by atoms with E-state index in [2.05, 4.69) is 0 Å². The molecule has 0 aromatic heterocycles. The molecule has 4 nitrogen and oxygen atoms in total. The molecule has 4 N–H and O–H groups in total. The Bertz CT molecular complexity index is 160. The van der Waals surface area contributed by atoms with Crippen molar-refractivity contribution < 1.29 is 8.85 Å². The molecule has 0 aliphatic carbocycles. The van der Waals surface area contributed by atoms with E-state index in [1.165, 1.54) is 0 Å². The summed E-state index contributed by atoms with van der Waals surface area (Å²) in [4.78, 5) is 0. The van der Waals surface area contributed by atoms with Crippen molar-refractivity contribution in [3.05, 3.63) is 0 Å². The first-order chi connectivity index (χ1) is 5.85. The van der Waals surface area contributed by atoms with Crippen LogP contribution in [0.1, 0.15) is 13.8 Å². The first kappa shape index (κ1) is 13.1. The van der Waals surface area contributed by atoms with Gasteiger partial charge in [0.2, 0.25) is 0 Å². The molecule has 0 fully saturated rings. The maximum absolute atomic E-state index is 5.94. The quantitative estimate of drug-likeness (QED) is 0.640. The van der Waals surface area contributed by atoms with Crippen molar-refractivity contribution in [2.75, 3.05) is 20.8 Å². The second-order valence-corrected chi connectivity index (χ2v) is 7.91. The molecule has 13 heavy (non-hydrogen) atoms. The van der Waals surface area contributed by atoms with Gasteiger partial charge < -0.3 is 20.3 Å². The average Bonchev–Trinajstić information content (AvgIpc) is 2.14. The van der Waals surface area contributed by atoms with Crippen LogP contribution < -0.4 is 11.5 Å². The molecular formula is C8H22N2O2Si. The Morgan fingerprint density at radius 1 is 1.31 bits per heavy atom. The van der Waals surface area contributed by atoms with Crippen LogP contribution in [0.15, 0.2) is 0 Å². The summed E-state index contributed by atoms with van der Waals surface area (Å²) in [5, 5.41) is -0.189. The van der Waals surface area contributed by atoms with E-state index in [9.17, 15) is 0 Å². The lowest BCUT2D eigenvalue weighted by molar-refractivity contribution is 0.207. The molecule has 1 unspecified atom stereocenters. The van der Waals surface area contributed by atoms with Gasteiger partial charge in [-0.05, 0) is 6.55 Å². The van der Waals surface area contributed by atoms with E-state index < -0.39 is 8.56 Å². The summed E-state index contributed by atoms with van der Waals surface area (Å²) in [6.45, 7) is 6.54. The predicted molar refractivity (Wildman–Crippen MR) is 56.7 cm³/mol. The fourth-order valence-electron chi connectivity index (χ4n) is 1.24. The van der Waals surface area contributed by atoms with E-state index in [0.717, 1.165) is 0 Å². The van der Waals surface area contributed by atoms with E-state index in [1.54, 1.807) is 14.2 Å². The van der Waals surface area contributed by atoms with Crippen LogP contribution in [-0.2, 0) is 8.85 Å². The van der Waals surface area contributed by atoms with Gasteiger partial charge in [0, 0.05) is 31.8 Å².